The number of carbonyl (C=O) groups is 4. The predicted molar refractivity (Wildman–Crippen MR) is 123 cm³/mol. The number of aromatic nitrogens is 1. The van der Waals surface area contributed by atoms with Gasteiger partial charge >= 0.3 is 0 Å². The van der Waals surface area contributed by atoms with Gasteiger partial charge in [-0.2, -0.15) is 0 Å². The van der Waals surface area contributed by atoms with Gasteiger partial charge in [0.25, 0.3) is 11.8 Å². The molecule has 2 aliphatic heterocycles. The number of benzene rings is 2. The Hall–Kier alpha value is -3.56. The highest BCUT2D eigenvalue weighted by Crippen LogP contribution is 2.33. The van der Waals surface area contributed by atoms with Crippen molar-refractivity contribution in [2.75, 3.05) is 5.32 Å². The SMILES string of the molecule is O=C1CCC(N2C(=O)c3cccc(NCc4cnc(-c5ccc(Cl)cc5)s4)c3C2=O)C(=O)N1. The van der Waals surface area contributed by atoms with Gasteiger partial charge in [0, 0.05) is 33.8 Å². The molecule has 1 atom stereocenters. The van der Waals surface area contributed by atoms with Gasteiger partial charge in [0.05, 0.1) is 17.7 Å². The molecule has 2 aliphatic rings. The van der Waals surface area contributed by atoms with Crippen LogP contribution in [0, 0.1) is 0 Å². The lowest BCUT2D eigenvalue weighted by Gasteiger charge is -2.27. The van der Waals surface area contributed by atoms with E-state index >= 15 is 0 Å². The Labute approximate surface area is 197 Å². The molecule has 0 aliphatic carbocycles. The van der Waals surface area contributed by atoms with E-state index < -0.39 is 29.7 Å². The Morgan fingerprint density at radius 3 is 2.64 bits per heavy atom. The van der Waals surface area contributed by atoms with Gasteiger partial charge in [-0.1, -0.05) is 29.8 Å². The molecule has 4 amide bonds. The van der Waals surface area contributed by atoms with Crippen LogP contribution in [0.1, 0.15) is 38.4 Å². The summed E-state index contributed by atoms with van der Waals surface area (Å²) in [7, 11) is 0. The Kier molecular flexibility index (Phi) is 5.43. The minimum atomic E-state index is -0.994. The van der Waals surface area contributed by atoms with Crippen LogP contribution in [0.5, 0.6) is 0 Å². The van der Waals surface area contributed by atoms with E-state index in [1.807, 2.05) is 12.1 Å². The monoisotopic (exact) mass is 480 g/mol. The molecule has 3 aromatic rings. The number of nitrogens with one attached hydrogen (secondary N) is 2. The lowest BCUT2D eigenvalue weighted by Crippen LogP contribution is -2.54. The number of thiazole rings is 1. The Bertz CT molecular complexity index is 1300. The fourth-order valence-electron chi connectivity index (χ4n) is 3.96. The van der Waals surface area contributed by atoms with Crippen molar-refractivity contribution in [3.63, 3.8) is 0 Å². The highest BCUT2D eigenvalue weighted by Gasteiger charge is 2.45. The third kappa shape index (κ3) is 3.90. The molecule has 1 fully saturated rings. The molecule has 1 aromatic heterocycles. The molecule has 2 N–H and O–H groups in total. The van der Waals surface area contributed by atoms with Crippen LogP contribution in [0.3, 0.4) is 0 Å². The van der Waals surface area contributed by atoms with Crippen molar-refractivity contribution >= 4 is 52.3 Å². The zero-order valence-electron chi connectivity index (χ0n) is 17.1. The van der Waals surface area contributed by atoms with Crippen molar-refractivity contribution in [1.29, 1.82) is 0 Å². The van der Waals surface area contributed by atoms with Gasteiger partial charge in [-0.3, -0.25) is 29.4 Å². The second-order valence-electron chi connectivity index (χ2n) is 7.67. The minimum Gasteiger partial charge on any atom is -0.379 e. The molecule has 0 radical (unpaired) electrons. The van der Waals surface area contributed by atoms with Crippen LogP contribution in [0.15, 0.2) is 48.7 Å². The maximum atomic E-state index is 13.2. The molecule has 0 bridgehead atoms. The number of carbonyl (C=O) groups excluding carboxylic acids is 4. The summed E-state index contributed by atoms with van der Waals surface area (Å²) in [5.74, 6) is -2.11. The zero-order chi connectivity index (χ0) is 23.1. The van der Waals surface area contributed by atoms with Crippen LogP contribution in [-0.4, -0.2) is 39.6 Å². The smallest absolute Gasteiger partial charge is 0.264 e. The topological polar surface area (TPSA) is 108 Å². The lowest BCUT2D eigenvalue weighted by atomic mass is 10.0. The Morgan fingerprint density at radius 2 is 1.88 bits per heavy atom. The summed E-state index contributed by atoms with van der Waals surface area (Å²) in [6, 6.07) is 11.4. The first-order valence-corrected chi connectivity index (χ1v) is 11.4. The van der Waals surface area contributed by atoms with Gasteiger partial charge in [0.2, 0.25) is 11.8 Å². The number of hydrogen-bond donors (Lipinski definition) is 2. The first-order valence-electron chi connectivity index (χ1n) is 10.2. The van der Waals surface area contributed by atoms with Crippen LogP contribution in [0.2, 0.25) is 5.02 Å². The molecule has 1 unspecified atom stereocenters. The average molecular weight is 481 g/mol. The summed E-state index contributed by atoms with van der Waals surface area (Å²) < 4.78 is 0. The Balaban J connectivity index is 1.35. The number of piperidine rings is 1. The second-order valence-corrected chi connectivity index (χ2v) is 9.22. The quantitative estimate of drug-likeness (QED) is 0.541. The number of anilines is 1. The molecule has 1 saturated heterocycles. The number of imide groups is 2. The van der Waals surface area contributed by atoms with Crippen LogP contribution < -0.4 is 10.6 Å². The van der Waals surface area contributed by atoms with Crippen molar-refractivity contribution in [3.05, 3.63) is 69.7 Å². The maximum absolute atomic E-state index is 13.2. The zero-order valence-corrected chi connectivity index (χ0v) is 18.7. The molecule has 8 nitrogen and oxygen atoms in total. The van der Waals surface area contributed by atoms with Crippen LogP contribution >= 0.6 is 22.9 Å². The largest absolute Gasteiger partial charge is 0.379 e. The summed E-state index contributed by atoms with van der Waals surface area (Å²) in [6.07, 6.45) is 1.96. The number of rotatable bonds is 5. The van der Waals surface area contributed by atoms with Crippen LogP contribution in [0.25, 0.3) is 10.6 Å². The summed E-state index contributed by atoms with van der Waals surface area (Å²) in [4.78, 5) is 56.2. The highest BCUT2D eigenvalue weighted by atomic mass is 35.5. The van der Waals surface area contributed by atoms with Crippen molar-refractivity contribution in [2.45, 2.75) is 25.4 Å². The summed E-state index contributed by atoms with van der Waals surface area (Å²) in [5.41, 5.74) is 1.93. The standard InChI is InChI=1S/C23H17ClN4O4S/c24-13-6-4-12(5-7-13)21-26-11-14(33-21)10-25-16-3-1-2-15-19(16)23(32)28(22(15)31)17-8-9-18(29)27-20(17)30/h1-7,11,17,25H,8-10H2,(H,27,29,30). The van der Waals surface area contributed by atoms with Crippen molar-refractivity contribution < 1.29 is 19.2 Å². The van der Waals surface area contributed by atoms with E-state index in [9.17, 15) is 19.2 Å². The van der Waals surface area contributed by atoms with Crippen LogP contribution in [-0.2, 0) is 16.1 Å². The fraction of sp³-hybridized carbons (Fsp3) is 0.174. The maximum Gasteiger partial charge on any atom is 0.264 e. The first kappa shape index (κ1) is 21.3. The van der Waals surface area contributed by atoms with E-state index in [0.29, 0.717) is 17.3 Å². The molecule has 10 heteroatoms. The Morgan fingerprint density at radius 1 is 1.09 bits per heavy atom. The minimum absolute atomic E-state index is 0.0796. The molecule has 0 saturated carbocycles. The number of halogens is 1. The molecule has 5 rings (SSSR count). The van der Waals surface area contributed by atoms with E-state index in [0.717, 1.165) is 20.3 Å². The fourth-order valence-corrected chi connectivity index (χ4v) is 4.94. The van der Waals surface area contributed by atoms with E-state index in [2.05, 4.69) is 15.6 Å². The molecular weight excluding hydrogens is 464 g/mol. The third-order valence-electron chi connectivity index (χ3n) is 5.57. The van der Waals surface area contributed by atoms with Gasteiger partial charge in [0.1, 0.15) is 11.0 Å². The predicted octanol–water partition coefficient (Wildman–Crippen LogP) is 3.48. The number of amides is 4. The normalized spacial score (nSPS) is 17.8. The molecular formula is C23H17ClN4O4S. The van der Waals surface area contributed by atoms with Crippen molar-refractivity contribution in [3.8, 4) is 10.6 Å². The molecule has 0 spiro atoms. The van der Waals surface area contributed by atoms with E-state index in [1.54, 1.807) is 36.5 Å². The first-order chi connectivity index (χ1) is 15.9. The summed E-state index contributed by atoms with van der Waals surface area (Å²) in [6.45, 7) is 0.404. The van der Waals surface area contributed by atoms with E-state index in [1.165, 1.54) is 11.3 Å². The lowest BCUT2D eigenvalue weighted by molar-refractivity contribution is -0.136. The van der Waals surface area contributed by atoms with Gasteiger partial charge in [-0.05, 0) is 30.7 Å². The van der Waals surface area contributed by atoms with Crippen molar-refractivity contribution in [2.24, 2.45) is 0 Å². The van der Waals surface area contributed by atoms with Crippen LogP contribution in [0.4, 0.5) is 5.69 Å². The molecule has 33 heavy (non-hydrogen) atoms. The van der Waals surface area contributed by atoms with Gasteiger partial charge < -0.3 is 5.32 Å². The summed E-state index contributed by atoms with van der Waals surface area (Å²) in [5, 5.41) is 6.92. The summed E-state index contributed by atoms with van der Waals surface area (Å²) >= 11 is 7.45. The van der Waals surface area contributed by atoms with Gasteiger partial charge in [-0.25, -0.2) is 4.98 Å². The van der Waals surface area contributed by atoms with E-state index in [4.69, 9.17) is 11.6 Å². The molecule has 166 valence electrons. The third-order valence-corrected chi connectivity index (χ3v) is 6.86. The number of nitrogens with zero attached hydrogens (tertiary/aromatic N) is 2. The highest BCUT2D eigenvalue weighted by molar-refractivity contribution is 7.15. The van der Waals surface area contributed by atoms with Gasteiger partial charge in [0.15, 0.2) is 0 Å². The van der Waals surface area contributed by atoms with E-state index in [-0.39, 0.29) is 24.0 Å². The number of fused-ring (bicyclic) bond motifs is 1. The van der Waals surface area contributed by atoms with Crippen molar-refractivity contribution in [1.82, 2.24) is 15.2 Å². The van der Waals surface area contributed by atoms with Gasteiger partial charge in [-0.15, -0.1) is 11.3 Å². The average Bonchev–Trinajstić information content (AvgIpc) is 3.37. The molecule has 3 heterocycles. The second kappa shape index (κ2) is 8.42. The number of hydrogen-bond acceptors (Lipinski definition) is 7. The molecule has 2 aromatic carbocycles.